The molecule has 162 valence electrons. The standard InChI is InChI=1S/C30H18BrIN2/c31-19-11-13-23-25-17-30-26(18-29(25)33(27(23)15-19)21-7-3-1-4-8-21)24-14-12-20(32)16-28(24)34(30)22-9-5-2-6-10-22/h1-18H. The average molecular weight is 613 g/mol. The molecule has 2 nitrogen and oxygen atoms in total. The molecule has 0 aliphatic rings. The fourth-order valence-electron chi connectivity index (χ4n) is 5.18. The molecule has 0 aliphatic heterocycles. The summed E-state index contributed by atoms with van der Waals surface area (Å²) in [5.74, 6) is 0. The smallest absolute Gasteiger partial charge is 0.0552 e. The average Bonchev–Trinajstić information content (AvgIpc) is 3.34. The topological polar surface area (TPSA) is 9.86 Å². The van der Waals surface area contributed by atoms with Crippen LogP contribution < -0.4 is 0 Å². The first-order valence-electron chi connectivity index (χ1n) is 11.2. The van der Waals surface area contributed by atoms with Gasteiger partial charge in [0.1, 0.15) is 0 Å². The van der Waals surface area contributed by atoms with Crippen molar-refractivity contribution in [3.63, 3.8) is 0 Å². The Hall–Kier alpha value is -3.09. The third-order valence-corrected chi connectivity index (χ3v) is 7.77. The van der Waals surface area contributed by atoms with E-state index in [2.05, 4.69) is 157 Å². The van der Waals surface area contributed by atoms with E-state index in [1.807, 2.05) is 0 Å². The van der Waals surface area contributed by atoms with Gasteiger partial charge in [-0.05, 0) is 83.3 Å². The molecule has 0 saturated heterocycles. The van der Waals surface area contributed by atoms with E-state index in [0.717, 1.165) is 4.47 Å². The van der Waals surface area contributed by atoms with Gasteiger partial charge in [-0.2, -0.15) is 0 Å². The number of rotatable bonds is 2. The summed E-state index contributed by atoms with van der Waals surface area (Å²) in [6.07, 6.45) is 0. The zero-order valence-corrected chi connectivity index (χ0v) is 21.8. The number of hydrogen-bond donors (Lipinski definition) is 0. The van der Waals surface area contributed by atoms with E-state index in [0.29, 0.717) is 0 Å². The summed E-state index contributed by atoms with van der Waals surface area (Å²) in [6, 6.07) is 39.4. The quantitative estimate of drug-likeness (QED) is 0.172. The van der Waals surface area contributed by atoms with E-state index < -0.39 is 0 Å². The van der Waals surface area contributed by atoms with Gasteiger partial charge >= 0.3 is 0 Å². The number of benzene rings is 5. The molecule has 2 heterocycles. The fraction of sp³-hybridized carbons (Fsp3) is 0. The molecule has 0 bridgehead atoms. The van der Waals surface area contributed by atoms with Crippen molar-refractivity contribution in [2.45, 2.75) is 0 Å². The Morgan fingerprint density at radius 3 is 1.50 bits per heavy atom. The zero-order chi connectivity index (χ0) is 22.8. The third-order valence-electron chi connectivity index (χ3n) is 6.61. The molecule has 0 aliphatic carbocycles. The first-order valence-corrected chi connectivity index (χ1v) is 13.0. The normalized spacial score (nSPS) is 11.8. The monoisotopic (exact) mass is 612 g/mol. The Labute approximate surface area is 218 Å². The SMILES string of the molecule is Brc1ccc2c3cc4c(cc3n(-c3ccccc3)c2c1)c1ccc(I)cc1n4-c1ccccc1. The number of hydrogen-bond acceptors (Lipinski definition) is 0. The van der Waals surface area contributed by atoms with E-state index in [-0.39, 0.29) is 0 Å². The van der Waals surface area contributed by atoms with Gasteiger partial charge in [0.25, 0.3) is 0 Å². The maximum atomic E-state index is 3.70. The van der Waals surface area contributed by atoms with Gasteiger partial charge in [0.2, 0.25) is 0 Å². The number of para-hydroxylation sites is 2. The van der Waals surface area contributed by atoms with Crippen molar-refractivity contribution in [3.05, 3.63) is 117 Å². The van der Waals surface area contributed by atoms with E-state index in [9.17, 15) is 0 Å². The Kier molecular flexibility index (Phi) is 4.61. The molecule has 0 fully saturated rings. The predicted octanol–water partition coefficient (Wildman–Crippen LogP) is 9.25. The molecule has 4 heteroatoms. The first kappa shape index (κ1) is 20.3. The van der Waals surface area contributed by atoms with Gasteiger partial charge < -0.3 is 9.13 Å². The lowest BCUT2D eigenvalue weighted by molar-refractivity contribution is 1.17. The molecule has 7 aromatic rings. The highest BCUT2D eigenvalue weighted by molar-refractivity contribution is 14.1. The Balaban J connectivity index is 1.71. The van der Waals surface area contributed by atoms with Gasteiger partial charge in [0.05, 0.1) is 22.1 Å². The molecule has 0 N–H and O–H groups in total. The van der Waals surface area contributed by atoms with Crippen LogP contribution in [-0.2, 0) is 0 Å². The van der Waals surface area contributed by atoms with Crippen molar-refractivity contribution in [1.29, 1.82) is 0 Å². The molecular formula is C30H18BrIN2. The molecule has 0 spiro atoms. The van der Waals surface area contributed by atoms with E-state index in [1.54, 1.807) is 0 Å². The van der Waals surface area contributed by atoms with Crippen molar-refractivity contribution in [1.82, 2.24) is 9.13 Å². The highest BCUT2D eigenvalue weighted by Crippen LogP contribution is 2.40. The minimum atomic E-state index is 1.08. The molecule has 2 aromatic heterocycles. The molecule has 0 atom stereocenters. The van der Waals surface area contributed by atoms with Crippen LogP contribution >= 0.6 is 38.5 Å². The Morgan fingerprint density at radius 2 is 0.941 bits per heavy atom. The van der Waals surface area contributed by atoms with Crippen molar-refractivity contribution in [3.8, 4) is 11.4 Å². The summed E-state index contributed by atoms with van der Waals surface area (Å²) >= 11 is 6.11. The lowest BCUT2D eigenvalue weighted by Crippen LogP contribution is -1.94. The summed E-state index contributed by atoms with van der Waals surface area (Å²) in [4.78, 5) is 0. The van der Waals surface area contributed by atoms with Crippen LogP contribution in [-0.4, -0.2) is 9.13 Å². The first-order chi connectivity index (χ1) is 16.7. The molecule has 7 rings (SSSR count). The fourth-order valence-corrected chi connectivity index (χ4v) is 6.01. The van der Waals surface area contributed by atoms with Gasteiger partial charge in [-0.1, -0.05) is 64.5 Å². The van der Waals surface area contributed by atoms with Crippen molar-refractivity contribution < 1.29 is 0 Å². The van der Waals surface area contributed by atoms with Gasteiger partial charge in [-0.25, -0.2) is 0 Å². The van der Waals surface area contributed by atoms with Crippen LogP contribution in [0.15, 0.2) is 114 Å². The second kappa shape index (κ2) is 7.72. The Morgan fingerprint density at radius 1 is 0.471 bits per heavy atom. The van der Waals surface area contributed by atoms with Crippen LogP contribution in [0.3, 0.4) is 0 Å². The molecule has 0 unspecified atom stereocenters. The molecule has 0 saturated carbocycles. The van der Waals surface area contributed by atoms with E-state index in [4.69, 9.17) is 0 Å². The number of aromatic nitrogens is 2. The van der Waals surface area contributed by atoms with Crippen LogP contribution in [0.2, 0.25) is 0 Å². The van der Waals surface area contributed by atoms with Crippen molar-refractivity contribution in [2.24, 2.45) is 0 Å². The predicted molar refractivity (Wildman–Crippen MR) is 156 cm³/mol. The summed E-state index contributed by atoms with van der Waals surface area (Å²) in [5, 5.41) is 5.05. The summed E-state index contributed by atoms with van der Waals surface area (Å²) in [7, 11) is 0. The minimum Gasteiger partial charge on any atom is -0.309 e. The number of halogens is 2. The third kappa shape index (κ3) is 2.98. The van der Waals surface area contributed by atoms with Crippen molar-refractivity contribution in [2.75, 3.05) is 0 Å². The van der Waals surface area contributed by atoms with Gasteiger partial charge in [-0.15, -0.1) is 0 Å². The second-order valence-corrected chi connectivity index (χ2v) is 10.7. The van der Waals surface area contributed by atoms with E-state index >= 15 is 0 Å². The van der Waals surface area contributed by atoms with Crippen LogP contribution in [0, 0.1) is 3.57 Å². The van der Waals surface area contributed by atoms with Crippen LogP contribution in [0.25, 0.3) is 55.0 Å². The van der Waals surface area contributed by atoms with Gasteiger partial charge in [-0.3, -0.25) is 0 Å². The summed E-state index contributed by atoms with van der Waals surface area (Å²) in [5.41, 5.74) is 7.23. The van der Waals surface area contributed by atoms with E-state index in [1.165, 1.54) is 58.6 Å². The zero-order valence-electron chi connectivity index (χ0n) is 18.0. The number of fused-ring (bicyclic) bond motifs is 6. The molecular weight excluding hydrogens is 595 g/mol. The molecule has 0 radical (unpaired) electrons. The van der Waals surface area contributed by atoms with Crippen LogP contribution in [0.5, 0.6) is 0 Å². The van der Waals surface area contributed by atoms with Crippen LogP contribution in [0.1, 0.15) is 0 Å². The summed E-state index contributed by atoms with van der Waals surface area (Å²) in [6.45, 7) is 0. The minimum absolute atomic E-state index is 1.08. The van der Waals surface area contributed by atoms with Gasteiger partial charge in [0, 0.05) is 41.0 Å². The number of nitrogens with zero attached hydrogens (tertiary/aromatic N) is 2. The summed E-state index contributed by atoms with van der Waals surface area (Å²) < 4.78 is 7.10. The largest absolute Gasteiger partial charge is 0.309 e. The van der Waals surface area contributed by atoms with Gasteiger partial charge in [0.15, 0.2) is 0 Å². The molecule has 0 amide bonds. The lowest BCUT2D eigenvalue weighted by Gasteiger charge is -2.09. The molecule has 34 heavy (non-hydrogen) atoms. The maximum absolute atomic E-state index is 3.70. The van der Waals surface area contributed by atoms with Crippen molar-refractivity contribution >= 4 is 82.1 Å². The second-order valence-electron chi connectivity index (χ2n) is 8.55. The Bertz CT molecular complexity index is 1730. The highest BCUT2D eigenvalue weighted by Gasteiger charge is 2.18. The highest BCUT2D eigenvalue weighted by atomic mass is 127. The lowest BCUT2D eigenvalue weighted by atomic mass is 10.1. The van der Waals surface area contributed by atoms with Crippen LogP contribution in [0.4, 0.5) is 0 Å². The maximum Gasteiger partial charge on any atom is 0.0552 e. The molecule has 5 aromatic carbocycles.